The van der Waals surface area contributed by atoms with Crippen LogP contribution in [0.15, 0.2) is 12.3 Å². The number of nitrogens with one attached hydrogen (secondary N) is 1. The lowest BCUT2D eigenvalue weighted by Gasteiger charge is -2.20. The molecule has 1 rings (SSSR count). The second-order valence-corrected chi connectivity index (χ2v) is 4.13. The first kappa shape index (κ1) is 12.1. The van der Waals surface area contributed by atoms with E-state index in [-0.39, 0.29) is 5.91 Å². The van der Waals surface area contributed by atoms with Crippen LogP contribution in [0.3, 0.4) is 0 Å². The Morgan fingerprint density at radius 1 is 1.62 bits per heavy atom. The van der Waals surface area contributed by atoms with Gasteiger partial charge in [0.05, 0.1) is 28.7 Å². The van der Waals surface area contributed by atoms with E-state index in [1.807, 2.05) is 0 Å². The highest BCUT2D eigenvalue weighted by Gasteiger charge is 2.19. The molecule has 0 unspecified atom stereocenters. The van der Waals surface area contributed by atoms with Crippen LogP contribution in [0, 0.1) is 19.3 Å². The number of hydrogen-bond acceptors (Lipinski definition) is 3. The zero-order valence-corrected chi connectivity index (χ0v) is 9.66. The van der Waals surface area contributed by atoms with Gasteiger partial charge in [0, 0.05) is 0 Å². The van der Waals surface area contributed by atoms with Crippen LogP contribution >= 0.6 is 0 Å². The average Bonchev–Trinajstić information content (AvgIpc) is 2.21. The number of hydrogen-bond donors (Lipinski definition) is 2. The number of anilines is 1. The number of nitrogen functional groups attached to an aromatic ring is 1. The normalized spacial score (nSPS) is 10.6. The van der Waals surface area contributed by atoms with Crippen molar-refractivity contribution >= 4 is 11.6 Å². The molecule has 0 aliphatic rings. The number of pyridine rings is 1. The third kappa shape index (κ3) is 2.74. The van der Waals surface area contributed by atoms with Crippen molar-refractivity contribution in [3.8, 4) is 12.3 Å². The minimum absolute atomic E-state index is 0.264. The predicted molar refractivity (Wildman–Crippen MR) is 63.8 cm³/mol. The molecule has 0 saturated carbocycles. The molecule has 0 saturated heterocycles. The zero-order valence-electron chi connectivity index (χ0n) is 9.66. The Bertz CT molecular complexity index is 458. The topological polar surface area (TPSA) is 68.0 Å². The molecule has 1 amide bonds. The van der Waals surface area contributed by atoms with Crippen molar-refractivity contribution in [2.24, 2.45) is 0 Å². The molecule has 0 fully saturated rings. The van der Waals surface area contributed by atoms with Gasteiger partial charge in [0.25, 0.3) is 5.91 Å². The number of rotatable bonds is 2. The molecule has 4 heteroatoms. The van der Waals surface area contributed by atoms with E-state index in [1.54, 1.807) is 26.8 Å². The van der Waals surface area contributed by atoms with Gasteiger partial charge < -0.3 is 11.1 Å². The Morgan fingerprint density at radius 3 is 2.81 bits per heavy atom. The number of carbonyl (C=O) groups excluding carboxylic acids is 1. The Labute approximate surface area is 95.3 Å². The summed E-state index contributed by atoms with van der Waals surface area (Å²) >= 11 is 0. The Hall–Kier alpha value is -2.02. The van der Waals surface area contributed by atoms with E-state index in [0.29, 0.717) is 16.9 Å². The van der Waals surface area contributed by atoms with Crippen molar-refractivity contribution in [3.05, 3.63) is 23.5 Å². The molecule has 0 aromatic carbocycles. The van der Waals surface area contributed by atoms with E-state index in [9.17, 15) is 4.79 Å². The van der Waals surface area contributed by atoms with Gasteiger partial charge in [-0.05, 0) is 26.8 Å². The Balaban J connectivity index is 2.98. The molecule has 0 spiro atoms. The molecule has 1 aromatic heterocycles. The van der Waals surface area contributed by atoms with Crippen LogP contribution < -0.4 is 11.1 Å². The molecule has 3 N–H and O–H groups in total. The van der Waals surface area contributed by atoms with Gasteiger partial charge in [0.1, 0.15) is 0 Å². The van der Waals surface area contributed by atoms with E-state index in [0.717, 1.165) is 0 Å². The maximum absolute atomic E-state index is 11.9. The fourth-order valence-electron chi connectivity index (χ4n) is 1.17. The molecular weight excluding hydrogens is 202 g/mol. The molecule has 0 radical (unpaired) electrons. The summed E-state index contributed by atoms with van der Waals surface area (Å²) < 4.78 is 0. The average molecular weight is 217 g/mol. The summed E-state index contributed by atoms with van der Waals surface area (Å²) in [7, 11) is 0. The Kier molecular flexibility index (Phi) is 3.19. The van der Waals surface area contributed by atoms with Crippen LogP contribution in [-0.2, 0) is 0 Å². The van der Waals surface area contributed by atoms with Crippen LogP contribution in [0.1, 0.15) is 29.9 Å². The molecule has 0 atom stereocenters. The largest absolute Gasteiger partial charge is 0.397 e. The van der Waals surface area contributed by atoms with Crippen molar-refractivity contribution in [2.75, 3.05) is 5.73 Å². The fourth-order valence-corrected chi connectivity index (χ4v) is 1.17. The van der Waals surface area contributed by atoms with Gasteiger partial charge >= 0.3 is 0 Å². The van der Waals surface area contributed by atoms with E-state index in [4.69, 9.17) is 12.2 Å². The maximum Gasteiger partial charge on any atom is 0.254 e. The van der Waals surface area contributed by atoms with Crippen LogP contribution in [0.25, 0.3) is 0 Å². The number of terminal acetylenes is 1. The predicted octanol–water partition coefficient (Wildman–Crippen LogP) is 1.11. The third-order valence-electron chi connectivity index (χ3n) is 2.14. The summed E-state index contributed by atoms with van der Waals surface area (Å²) in [4.78, 5) is 15.9. The lowest BCUT2D eigenvalue weighted by Crippen LogP contribution is -2.42. The number of carbonyl (C=O) groups is 1. The van der Waals surface area contributed by atoms with Gasteiger partial charge in [0.2, 0.25) is 0 Å². The SMILES string of the molecule is C#CC(C)(C)NC(=O)c1cc(N)cnc1C. The van der Waals surface area contributed by atoms with Crippen molar-refractivity contribution in [2.45, 2.75) is 26.3 Å². The second-order valence-electron chi connectivity index (χ2n) is 4.13. The minimum atomic E-state index is -0.686. The molecule has 0 aliphatic carbocycles. The smallest absolute Gasteiger partial charge is 0.254 e. The summed E-state index contributed by atoms with van der Waals surface area (Å²) in [6.07, 6.45) is 6.81. The highest BCUT2D eigenvalue weighted by atomic mass is 16.1. The summed E-state index contributed by atoms with van der Waals surface area (Å²) in [6.45, 7) is 5.25. The summed E-state index contributed by atoms with van der Waals surface area (Å²) in [5, 5.41) is 2.72. The summed E-state index contributed by atoms with van der Waals surface area (Å²) in [5.74, 6) is 2.23. The van der Waals surface area contributed by atoms with Crippen LogP contribution in [-0.4, -0.2) is 16.4 Å². The zero-order chi connectivity index (χ0) is 12.3. The van der Waals surface area contributed by atoms with E-state index in [1.165, 1.54) is 6.20 Å². The molecule has 84 valence electrons. The Morgan fingerprint density at radius 2 is 2.25 bits per heavy atom. The highest BCUT2D eigenvalue weighted by molar-refractivity contribution is 5.96. The van der Waals surface area contributed by atoms with Gasteiger partial charge in [-0.25, -0.2) is 0 Å². The first-order valence-electron chi connectivity index (χ1n) is 4.88. The maximum atomic E-state index is 11.9. The highest BCUT2D eigenvalue weighted by Crippen LogP contribution is 2.11. The quantitative estimate of drug-likeness (QED) is 0.729. The number of aromatic nitrogens is 1. The van der Waals surface area contributed by atoms with Gasteiger partial charge in [-0.1, -0.05) is 5.92 Å². The molecule has 0 aliphatic heterocycles. The number of nitrogens with zero attached hydrogens (tertiary/aromatic N) is 1. The lowest BCUT2D eigenvalue weighted by atomic mass is 10.1. The van der Waals surface area contributed by atoms with Crippen molar-refractivity contribution in [1.29, 1.82) is 0 Å². The van der Waals surface area contributed by atoms with E-state index in [2.05, 4.69) is 16.2 Å². The first-order valence-corrected chi connectivity index (χ1v) is 4.88. The van der Waals surface area contributed by atoms with Crippen molar-refractivity contribution in [1.82, 2.24) is 10.3 Å². The minimum Gasteiger partial charge on any atom is -0.397 e. The van der Waals surface area contributed by atoms with Gasteiger partial charge in [-0.15, -0.1) is 6.42 Å². The van der Waals surface area contributed by atoms with Gasteiger partial charge in [-0.2, -0.15) is 0 Å². The summed E-state index contributed by atoms with van der Waals surface area (Å²) in [5.41, 5.74) is 6.42. The second kappa shape index (κ2) is 4.23. The molecule has 0 bridgehead atoms. The third-order valence-corrected chi connectivity index (χ3v) is 2.14. The fraction of sp³-hybridized carbons (Fsp3) is 0.333. The van der Waals surface area contributed by atoms with Gasteiger partial charge in [-0.3, -0.25) is 9.78 Å². The van der Waals surface area contributed by atoms with Crippen LogP contribution in [0.2, 0.25) is 0 Å². The molecule has 16 heavy (non-hydrogen) atoms. The molecule has 4 nitrogen and oxygen atoms in total. The van der Waals surface area contributed by atoms with Crippen LogP contribution in [0.4, 0.5) is 5.69 Å². The monoisotopic (exact) mass is 217 g/mol. The standard InChI is InChI=1S/C12H15N3O/c1-5-12(3,4)15-11(16)10-6-9(13)7-14-8(10)2/h1,6-7H,13H2,2-4H3,(H,15,16). The van der Waals surface area contributed by atoms with Crippen LogP contribution in [0.5, 0.6) is 0 Å². The number of amides is 1. The summed E-state index contributed by atoms with van der Waals surface area (Å²) in [6, 6.07) is 1.59. The van der Waals surface area contributed by atoms with E-state index < -0.39 is 5.54 Å². The van der Waals surface area contributed by atoms with E-state index >= 15 is 0 Å². The molecule has 1 heterocycles. The van der Waals surface area contributed by atoms with Crippen molar-refractivity contribution < 1.29 is 4.79 Å². The molecular formula is C12H15N3O. The molecule has 1 aromatic rings. The number of aryl methyl sites for hydroxylation is 1. The van der Waals surface area contributed by atoms with Gasteiger partial charge in [0.15, 0.2) is 0 Å². The lowest BCUT2D eigenvalue weighted by molar-refractivity contribution is 0.0929. The number of nitrogens with two attached hydrogens (primary N) is 1. The first-order chi connectivity index (χ1) is 7.35. The van der Waals surface area contributed by atoms with Crippen molar-refractivity contribution in [3.63, 3.8) is 0 Å².